The first kappa shape index (κ1) is 22.3. The van der Waals surface area contributed by atoms with E-state index < -0.39 is 17.6 Å². The molecule has 170 valence electrons. The maximum Gasteiger partial charge on any atom is 0.416 e. The third-order valence-corrected chi connectivity index (χ3v) is 6.22. The van der Waals surface area contributed by atoms with Crippen LogP contribution in [-0.4, -0.2) is 41.6 Å². The largest absolute Gasteiger partial charge is 0.416 e. The molecule has 0 atom stereocenters. The summed E-state index contributed by atoms with van der Waals surface area (Å²) in [6.45, 7) is 0. The summed E-state index contributed by atoms with van der Waals surface area (Å²) in [4.78, 5) is 20.7. The van der Waals surface area contributed by atoms with Crippen LogP contribution in [0.25, 0.3) is 5.69 Å². The van der Waals surface area contributed by atoms with Crippen LogP contribution in [0.15, 0.2) is 36.0 Å². The highest BCUT2D eigenvalue weighted by Gasteiger charge is 2.31. The minimum atomic E-state index is -4.54. The van der Waals surface area contributed by atoms with Crippen molar-refractivity contribution >= 4 is 23.4 Å². The van der Waals surface area contributed by atoms with Gasteiger partial charge in [-0.25, -0.2) is 14.6 Å². The first-order valence-corrected chi connectivity index (χ1v) is 11.3. The Morgan fingerprint density at radius 3 is 2.81 bits per heavy atom. The Morgan fingerprint density at radius 1 is 1.28 bits per heavy atom. The summed E-state index contributed by atoms with van der Waals surface area (Å²) in [5.74, 6) is 1.00. The zero-order valence-corrected chi connectivity index (χ0v) is 17.9. The lowest BCUT2D eigenvalue weighted by Crippen LogP contribution is -2.17. The quantitative estimate of drug-likeness (QED) is 0.482. The number of hydrogen-bond donors (Lipinski definition) is 2. The molecule has 1 fully saturated rings. The maximum atomic E-state index is 13.1. The van der Waals surface area contributed by atoms with E-state index in [4.69, 9.17) is 0 Å². The number of benzene rings is 1. The van der Waals surface area contributed by atoms with Gasteiger partial charge in [0, 0.05) is 6.42 Å². The van der Waals surface area contributed by atoms with E-state index in [0.29, 0.717) is 5.16 Å². The molecule has 0 aliphatic heterocycles. The van der Waals surface area contributed by atoms with Crippen LogP contribution >= 0.6 is 11.8 Å². The fourth-order valence-electron chi connectivity index (χ4n) is 3.76. The van der Waals surface area contributed by atoms with E-state index in [9.17, 15) is 18.0 Å². The first-order chi connectivity index (χ1) is 15.4. The lowest BCUT2D eigenvalue weighted by atomic mass is 10.0. The molecule has 1 amide bonds. The molecule has 2 N–H and O–H groups in total. The number of thioether (sulfide) groups is 1. The molecule has 2 heterocycles. The Labute approximate surface area is 186 Å². The summed E-state index contributed by atoms with van der Waals surface area (Å²) in [7, 11) is 0. The van der Waals surface area contributed by atoms with E-state index in [1.54, 1.807) is 0 Å². The van der Waals surface area contributed by atoms with E-state index >= 15 is 0 Å². The number of halogens is 3. The number of aryl methyl sites for hydroxylation is 1. The zero-order valence-electron chi connectivity index (χ0n) is 17.1. The number of carbonyl (C=O) groups is 1. The Bertz CT molecular complexity index is 1050. The fraction of sp³-hybridized carbons (Fsp3) is 0.450. The van der Waals surface area contributed by atoms with Crippen LogP contribution in [-0.2, 0) is 17.4 Å². The number of aromatic amines is 1. The van der Waals surface area contributed by atoms with Gasteiger partial charge in [-0.1, -0.05) is 37.4 Å². The third-order valence-electron chi connectivity index (χ3n) is 5.37. The number of amides is 1. The Balaban J connectivity index is 1.37. The molecule has 1 saturated carbocycles. The zero-order chi connectivity index (χ0) is 22.6. The van der Waals surface area contributed by atoms with E-state index in [0.717, 1.165) is 48.5 Å². The second-order valence-electron chi connectivity index (χ2n) is 7.66. The average Bonchev–Trinajstić information content (AvgIpc) is 3.53. The fourth-order valence-corrected chi connectivity index (χ4v) is 4.37. The van der Waals surface area contributed by atoms with Crippen LogP contribution < -0.4 is 5.32 Å². The highest BCUT2D eigenvalue weighted by molar-refractivity contribution is 7.99. The summed E-state index contributed by atoms with van der Waals surface area (Å²) in [5.41, 5.74) is -0.603. The average molecular weight is 466 g/mol. The van der Waals surface area contributed by atoms with Crippen LogP contribution in [0, 0.1) is 5.92 Å². The minimum Gasteiger partial charge on any atom is -0.323 e. The van der Waals surface area contributed by atoms with Gasteiger partial charge in [0.15, 0.2) is 0 Å². The van der Waals surface area contributed by atoms with Gasteiger partial charge < -0.3 is 5.32 Å². The Morgan fingerprint density at radius 2 is 2.09 bits per heavy atom. The number of hydrogen-bond acceptors (Lipinski definition) is 6. The van der Waals surface area contributed by atoms with Crippen LogP contribution in [0.3, 0.4) is 0 Å². The molecule has 2 aromatic heterocycles. The summed E-state index contributed by atoms with van der Waals surface area (Å²) in [5, 5.41) is 13.9. The predicted molar refractivity (Wildman–Crippen MR) is 112 cm³/mol. The number of anilines is 1. The predicted octanol–water partition coefficient (Wildman–Crippen LogP) is 4.26. The number of carbonyl (C=O) groups excluding carboxylic acids is 1. The number of nitrogens with zero attached hydrogens (tertiary/aromatic N) is 5. The van der Waals surface area contributed by atoms with Crippen molar-refractivity contribution in [1.29, 1.82) is 0 Å². The van der Waals surface area contributed by atoms with Gasteiger partial charge in [-0.3, -0.25) is 9.89 Å². The molecule has 1 aliphatic carbocycles. The third kappa shape index (κ3) is 5.67. The normalized spacial score (nSPS) is 14.7. The second-order valence-corrected chi connectivity index (χ2v) is 8.60. The second kappa shape index (κ2) is 9.72. The minimum absolute atomic E-state index is 0.0110. The highest BCUT2D eigenvalue weighted by atomic mass is 32.2. The molecule has 1 aromatic carbocycles. The molecule has 1 aliphatic rings. The van der Waals surface area contributed by atoms with Gasteiger partial charge in [-0.2, -0.15) is 18.3 Å². The van der Waals surface area contributed by atoms with Crippen LogP contribution in [0.1, 0.15) is 43.5 Å². The number of H-pyrrole nitrogens is 1. The van der Waals surface area contributed by atoms with E-state index in [-0.39, 0.29) is 17.1 Å². The molecule has 12 heteroatoms. The molecular weight excluding hydrogens is 443 g/mol. The van der Waals surface area contributed by atoms with Crippen molar-refractivity contribution in [1.82, 2.24) is 29.9 Å². The molecule has 3 aromatic rings. The maximum absolute atomic E-state index is 13.1. The van der Waals surface area contributed by atoms with Crippen molar-refractivity contribution in [3.8, 4) is 5.69 Å². The molecule has 0 spiro atoms. The summed E-state index contributed by atoms with van der Waals surface area (Å²) < 4.78 is 40.7. The lowest BCUT2D eigenvalue weighted by Gasteiger charge is -2.14. The molecule has 0 saturated heterocycles. The van der Waals surface area contributed by atoms with Crippen LogP contribution in [0.4, 0.5) is 18.9 Å². The van der Waals surface area contributed by atoms with Gasteiger partial charge in [-0.15, -0.1) is 5.10 Å². The number of nitrogens with one attached hydrogen (secondary N) is 2. The van der Waals surface area contributed by atoms with Gasteiger partial charge in [0.2, 0.25) is 11.1 Å². The molecule has 4 rings (SSSR count). The Hall–Kier alpha value is -2.89. The van der Waals surface area contributed by atoms with Crippen LogP contribution in [0.2, 0.25) is 0 Å². The van der Waals surface area contributed by atoms with Crippen molar-refractivity contribution in [3.05, 3.63) is 42.2 Å². The topological polar surface area (TPSA) is 101 Å². The van der Waals surface area contributed by atoms with Crippen molar-refractivity contribution in [2.45, 2.75) is 49.9 Å². The van der Waals surface area contributed by atoms with E-state index in [2.05, 4.69) is 30.6 Å². The van der Waals surface area contributed by atoms with E-state index in [1.165, 1.54) is 49.1 Å². The standard InChI is InChI=1S/C20H22F3N7OS/c21-20(22,23)14-6-7-16(30-12-24-11-25-30)15(9-14)26-18(31)10-32-19-27-17(28-29-19)8-5-13-3-1-2-4-13/h6-7,9,11-13H,1-5,8,10H2,(H,26,31)(H,27,28,29). The van der Waals surface area contributed by atoms with Crippen molar-refractivity contribution in [3.63, 3.8) is 0 Å². The monoisotopic (exact) mass is 465 g/mol. The van der Waals surface area contributed by atoms with Gasteiger partial charge >= 0.3 is 6.18 Å². The summed E-state index contributed by atoms with van der Waals surface area (Å²) >= 11 is 1.12. The number of aromatic nitrogens is 6. The highest BCUT2D eigenvalue weighted by Crippen LogP contribution is 2.33. The molecule has 0 radical (unpaired) electrons. The molecule has 8 nitrogen and oxygen atoms in total. The number of rotatable bonds is 8. The summed E-state index contributed by atoms with van der Waals surface area (Å²) in [6.07, 6.45) is 5.06. The molecule has 0 bridgehead atoms. The van der Waals surface area contributed by atoms with Gasteiger partial charge in [0.1, 0.15) is 18.5 Å². The molecule has 32 heavy (non-hydrogen) atoms. The van der Waals surface area contributed by atoms with Gasteiger partial charge in [0.05, 0.1) is 22.7 Å². The smallest absolute Gasteiger partial charge is 0.323 e. The Kier molecular flexibility index (Phi) is 6.77. The SMILES string of the molecule is O=C(CSc1n[nH]c(CCC2CCCC2)n1)Nc1cc(C(F)(F)F)ccc1-n1cncn1. The van der Waals surface area contributed by atoms with Crippen molar-refractivity contribution in [2.75, 3.05) is 11.1 Å². The molecule has 0 unspecified atom stereocenters. The van der Waals surface area contributed by atoms with E-state index in [1.807, 2.05) is 0 Å². The molecular formula is C20H22F3N7OS. The van der Waals surface area contributed by atoms with Gasteiger partial charge in [-0.05, 0) is 30.5 Å². The first-order valence-electron chi connectivity index (χ1n) is 10.3. The van der Waals surface area contributed by atoms with Gasteiger partial charge in [0.25, 0.3) is 0 Å². The van der Waals surface area contributed by atoms with Crippen molar-refractivity contribution in [2.24, 2.45) is 5.92 Å². The summed E-state index contributed by atoms with van der Waals surface area (Å²) in [6, 6.07) is 3.06. The van der Waals surface area contributed by atoms with Crippen LogP contribution in [0.5, 0.6) is 0 Å². The lowest BCUT2D eigenvalue weighted by molar-refractivity contribution is -0.137. The number of alkyl halides is 3. The van der Waals surface area contributed by atoms with Crippen molar-refractivity contribution < 1.29 is 18.0 Å².